The molecule has 0 bridgehead atoms. The standard InChI is InChI=1S/C34H36ClF2N7O2/c1-22(36)32(45)44-17-16-43(18-24(44)8-12-38)31-25-9-15-42(28-5-2-4-23-6-7-26(37)30(35)29(23)28)19-27(25)39-33(40-31)46-21-34(10-11-34)20-41-13-3-14-41/h2,4-7,24H,1,3,8-11,13-21H2. The number of rotatable bonds is 9. The number of hydrogen-bond acceptors (Lipinski definition) is 8. The molecular weight excluding hydrogens is 612 g/mol. The van der Waals surface area contributed by atoms with E-state index in [2.05, 4.69) is 27.3 Å². The second-order valence-electron chi connectivity index (χ2n) is 12.9. The topological polar surface area (TPSA) is 88.8 Å². The van der Waals surface area contributed by atoms with Gasteiger partial charge >= 0.3 is 6.01 Å². The van der Waals surface area contributed by atoms with Crippen molar-refractivity contribution in [2.45, 2.75) is 44.7 Å². The molecule has 1 aromatic heterocycles. The van der Waals surface area contributed by atoms with Crippen molar-refractivity contribution in [2.24, 2.45) is 5.41 Å². The number of ether oxygens (including phenoxy) is 1. The molecule has 4 heterocycles. The molecule has 3 aliphatic heterocycles. The van der Waals surface area contributed by atoms with Crippen LogP contribution in [0.5, 0.6) is 6.01 Å². The number of likely N-dealkylation sites (tertiary alicyclic amines) is 1. The molecule has 1 aliphatic carbocycles. The molecular formula is C34H36ClF2N7O2. The molecule has 9 nitrogen and oxygen atoms in total. The first kappa shape index (κ1) is 30.6. The minimum absolute atomic E-state index is 0.0529. The Hall–Kier alpha value is -4.01. The van der Waals surface area contributed by atoms with Crippen LogP contribution in [0.15, 0.2) is 42.7 Å². The fourth-order valence-electron chi connectivity index (χ4n) is 6.98. The summed E-state index contributed by atoms with van der Waals surface area (Å²) in [5, 5.41) is 11.1. The van der Waals surface area contributed by atoms with Crippen LogP contribution in [-0.2, 0) is 17.8 Å². The average molecular weight is 648 g/mol. The number of fused-ring (bicyclic) bond motifs is 2. The van der Waals surface area contributed by atoms with Gasteiger partial charge in [0.15, 0.2) is 5.83 Å². The summed E-state index contributed by atoms with van der Waals surface area (Å²) in [4.78, 5) is 30.5. The normalized spacial score (nSPS) is 20.6. The molecule has 1 saturated carbocycles. The van der Waals surface area contributed by atoms with E-state index in [9.17, 15) is 18.8 Å². The van der Waals surface area contributed by atoms with E-state index >= 15 is 0 Å². The summed E-state index contributed by atoms with van der Waals surface area (Å²) in [6.07, 6.45) is 4.12. The predicted octanol–water partition coefficient (Wildman–Crippen LogP) is 5.26. The van der Waals surface area contributed by atoms with Crippen LogP contribution in [0, 0.1) is 22.6 Å². The Kier molecular flexibility index (Phi) is 8.19. The van der Waals surface area contributed by atoms with E-state index in [0.29, 0.717) is 56.4 Å². The quantitative estimate of drug-likeness (QED) is 0.291. The van der Waals surface area contributed by atoms with E-state index in [1.165, 1.54) is 17.4 Å². The number of hydrogen-bond donors (Lipinski definition) is 0. The second kappa shape index (κ2) is 12.3. The van der Waals surface area contributed by atoms with Gasteiger partial charge in [0.1, 0.15) is 11.6 Å². The van der Waals surface area contributed by atoms with E-state index in [1.54, 1.807) is 6.07 Å². The Bertz CT molecular complexity index is 1740. The van der Waals surface area contributed by atoms with E-state index in [1.807, 2.05) is 18.2 Å². The van der Waals surface area contributed by atoms with Gasteiger partial charge in [0.25, 0.3) is 5.91 Å². The van der Waals surface area contributed by atoms with Crippen molar-refractivity contribution < 1.29 is 18.3 Å². The first-order chi connectivity index (χ1) is 22.2. The number of aromatic nitrogens is 2. The van der Waals surface area contributed by atoms with Crippen LogP contribution >= 0.6 is 11.6 Å². The molecule has 0 radical (unpaired) electrons. The van der Waals surface area contributed by atoms with Crippen LogP contribution in [0.2, 0.25) is 5.02 Å². The van der Waals surface area contributed by atoms with Crippen molar-refractivity contribution in [1.82, 2.24) is 19.8 Å². The number of nitriles is 1. The van der Waals surface area contributed by atoms with Gasteiger partial charge in [-0.2, -0.15) is 15.2 Å². The predicted molar refractivity (Wildman–Crippen MR) is 172 cm³/mol. The minimum Gasteiger partial charge on any atom is -0.463 e. The summed E-state index contributed by atoms with van der Waals surface area (Å²) in [7, 11) is 0. The number of benzene rings is 2. The lowest BCUT2D eigenvalue weighted by atomic mass is 10.0. The molecule has 12 heteroatoms. The third kappa shape index (κ3) is 5.84. The van der Waals surface area contributed by atoms with Gasteiger partial charge in [-0.3, -0.25) is 4.79 Å². The number of nitrogens with zero attached hydrogens (tertiary/aromatic N) is 7. The van der Waals surface area contributed by atoms with E-state index in [4.69, 9.17) is 26.3 Å². The van der Waals surface area contributed by atoms with Crippen molar-refractivity contribution in [3.05, 3.63) is 64.8 Å². The third-order valence-electron chi connectivity index (χ3n) is 9.85. The van der Waals surface area contributed by atoms with Crippen LogP contribution in [0.4, 0.5) is 20.3 Å². The Labute approximate surface area is 272 Å². The Morgan fingerprint density at radius 3 is 2.67 bits per heavy atom. The highest BCUT2D eigenvalue weighted by Crippen LogP contribution is 2.47. The maximum Gasteiger partial charge on any atom is 0.318 e. The Morgan fingerprint density at radius 1 is 1.13 bits per heavy atom. The zero-order valence-corrected chi connectivity index (χ0v) is 26.4. The SMILES string of the molecule is C=C(F)C(=O)N1CCN(c2nc(OCC3(CN4CCC4)CC3)nc3c2CCN(c2cccc4ccc(F)c(Cl)c24)C3)CC1CC#N. The summed E-state index contributed by atoms with van der Waals surface area (Å²) in [6, 6.07) is 10.8. The summed E-state index contributed by atoms with van der Waals surface area (Å²) < 4.78 is 34.8. The lowest BCUT2D eigenvalue weighted by Gasteiger charge is -2.42. The lowest BCUT2D eigenvalue weighted by Crippen LogP contribution is -2.55. The highest BCUT2D eigenvalue weighted by molar-refractivity contribution is 6.36. The molecule has 1 amide bonds. The number of halogens is 3. The van der Waals surface area contributed by atoms with Gasteiger partial charge in [-0.15, -0.1) is 0 Å². The maximum absolute atomic E-state index is 14.6. The average Bonchev–Trinajstić information content (AvgIpc) is 3.82. The number of piperazine rings is 1. The van der Waals surface area contributed by atoms with Crippen LogP contribution in [0.1, 0.15) is 36.9 Å². The zero-order valence-electron chi connectivity index (χ0n) is 25.7. The number of carbonyl (C=O) groups excluding carboxylic acids is 1. The molecule has 46 heavy (non-hydrogen) atoms. The molecule has 0 spiro atoms. The maximum atomic E-state index is 14.6. The highest BCUT2D eigenvalue weighted by Gasteiger charge is 2.46. The molecule has 1 unspecified atom stereocenters. The Balaban J connectivity index is 1.21. The molecule has 2 aromatic carbocycles. The summed E-state index contributed by atoms with van der Waals surface area (Å²) in [5.41, 5.74) is 2.72. The van der Waals surface area contributed by atoms with Crippen LogP contribution < -0.4 is 14.5 Å². The van der Waals surface area contributed by atoms with Crippen LogP contribution in [-0.4, -0.2) is 84.1 Å². The lowest BCUT2D eigenvalue weighted by molar-refractivity contribution is -0.131. The first-order valence-electron chi connectivity index (χ1n) is 15.9. The highest BCUT2D eigenvalue weighted by atomic mass is 35.5. The summed E-state index contributed by atoms with van der Waals surface area (Å²) in [5.74, 6) is -1.57. The van der Waals surface area contributed by atoms with E-state index in [0.717, 1.165) is 54.8 Å². The minimum atomic E-state index is -1.03. The number of amides is 1. The molecule has 1 atom stereocenters. The van der Waals surface area contributed by atoms with Crippen molar-refractivity contribution in [1.29, 1.82) is 5.26 Å². The molecule has 3 aromatic rings. The van der Waals surface area contributed by atoms with Crippen LogP contribution in [0.3, 0.4) is 0 Å². The van der Waals surface area contributed by atoms with Gasteiger partial charge in [0.05, 0.1) is 42.4 Å². The molecule has 4 aliphatic rings. The zero-order chi connectivity index (χ0) is 32.0. The van der Waals surface area contributed by atoms with E-state index in [-0.39, 0.29) is 23.4 Å². The smallest absolute Gasteiger partial charge is 0.318 e. The molecule has 2 saturated heterocycles. The van der Waals surface area contributed by atoms with Crippen molar-refractivity contribution in [3.8, 4) is 12.1 Å². The van der Waals surface area contributed by atoms with Crippen LogP contribution in [0.25, 0.3) is 10.8 Å². The fourth-order valence-corrected chi connectivity index (χ4v) is 7.25. The van der Waals surface area contributed by atoms with Crippen molar-refractivity contribution >= 4 is 39.8 Å². The fraction of sp³-hybridized carbons (Fsp3) is 0.471. The van der Waals surface area contributed by atoms with Gasteiger partial charge in [0.2, 0.25) is 0 Å². The monoisotopic (exact) mass is 647 g/mol. The molecule has 7 rings (SSSR count). The number of carbonyl (C=O) groups is 1. The largest absolute Gasteiger partial charge is 0.463 e. The van der Waals surface area contributed by atoms with Gasteiger partial charge in [-0.05, 0) is 56.3 Å². The Morgan fingerprint density at radius 2 is 1.96 bits per heavy atom. The summed E-state index contributed by atoms with van der Waals surface area (Å²) in [6.45, 7) is 9.00. The van der Waals surface area contributed by atoms with E-state index < -0.39 is 23.6 Å². The van der Waals surface area contributed by atoms with Gasteiger partial charge in [-0.1, -0.05) is 36.4 Å². The van der Waals surface area contributed by atoms with Gasteiger partial charge < -0.3 is 24.3 Å². The van der Waals surface area contributed by atoms with Gasteiger partial charge in [0, 0.05) is 54.8 Å². The first-order valence-corrected chi connectivity index (χ1v) is 16.3. The van der Waals surface area contributed by atoms with Gasteiger partial charge in [-0.25, -0.2) is 8.78 Å². The van der Waals surface area contributed by atoms with Crippen molar-refractivity contribution in [2.75, 3.05) is 62.2 Å². The molecule has 240 valence electrons. The van der Waals surface area contributed by atoms with Crippen molar-refractivity contribution in [3.63, 3.8) is 0 Å². The molecule has 3 fully saturated rings. The number of anilines is 2. The third-order valence-corrected chi connectivity index (χ3v) is 10.2. The summed E-state index contributed by atoms with van der Waals surface area (Å²) >= 11 is 6.50. The second-order valence-corrected chi connectivity index (χ2v) is 13.3. The molecule has 0 N–H and O–H groups in total.